The molecule has 0 heterocycles. The van der Waals surface area contributed by atoms with E-state index in [2.05, 4.69) is 0 Å². The number of hydrogen-bond acceptors (Lipinski definition) is 3. The second kappa shape index (κ2) is 10.1. The SMILES string of the molecule is CO[SiH](OC)OC(C)CCCCCc1ccc(C(F)(F)F)cc1. The number of benzene rings is 1. The molecule has 0 aliphatic rings. The van der Waals surface area contributed by atoms with E-state index >= 15 is 0 Å². The predicted octanol–water partition coefficient (Wildman–Crippen LogP) is 4.22. The molecule has 0 radical (unpaired) electrons. The van der Waals surface area contributed by atoms with E-state index in [1.165, 1.54) is 0 Å². The molecule has 0 fully saturated rings. The Labute approximate surface area is 137 Å². The van der Waals surface area contributed by atoms with Gasteiger partial charge in [-0.15, -0.1) is 0 Å². The van der Waals surface area contributed by atoms with Gasteiger partial charge < -0.3 is 13.3 Å². The van der Waals surface area contributed by atoms with Crippen LogP contribution in [0.1, 0.15) is 43.7 Å². The topological polar surface area (TPSA) is 27.7 Å². The first-order valence-electron chi connectivity index (χ1n) is 7.74. The second-order valence-electron chi connectivity index (χ2n) is 5.50. The Hall–Kier alpha value is -0.893. The van der Waals surface area contributed by atoms with Gasteiger partial charge in [-0.3, -0.25) is 0 Å². The van der Waals surface area contributed by atoms with E-state index in [-0.39, 0.29) is 6.10 Å². The van der Waals surface area contributed by atoms with Crippen LogP contribution in [0, 0.1) is 0 Å². The van der Waals surface area contributed by atoms with Gasteiger partial charge in [0, 0.05) is 20.3 Å². The molecule has 0 amide bonds. The maximum Gasteiger partial charge on any atom is 0.483 e. The third kappa shape index (κ3) is 7.96. The van der Waals surface area contributed by atoms with Crippen molar-refractivity contribution < 1.29 is 26.4 Å². The Kier molecular flexibility index (Phi) is 8.83. The fraction of sp³-hybridized carbons (Fsp3) is 0.625. The lowest BCUT2D eigenvalue weighted by molar-refractivity contribution is -0.137. The van der Waals surface area contributed by atoms with Gasteiger partial charge in [0.15, 0.2) is 0 Å². The molecule has 132 valence electrons. The summed E-state index contributed by atoms with van der Waals surface area (Å²) in [5.41, 5.74) is 0.343. The molecule has 1 rings (SSSR count). The van der Waals surface area contributed by atoms with Gasteiger partial charge in [-0.25, -0.2) is 0 Å². The van der Waals surface area contributed by atoms with Gasteiger partial charge in [0.05, 0.1) is 5.56 Å². The van der Waals surface area contributed by atoms with Crippen molar-refractivity contribution in [3.05, 3.63) is 35.4 Å². The van der Waals surface area contributed by atoms with Gasteiger partial charge >= 0.3 is 15.7 Å². The molecule has 1 atom stereocenters. The van der Waals surface area contributed by atoms with Crippen LogP contribution in [0.3, 0.4) is 0 Å². The lowest BCUT2D eigenvalue weighted by Gasteiger charge is -2.17. The van der Waals surface area contributed by atoms with Gasteiger partial charge in [-0.05, 0) is 43.9 Å². The molecule has 0 saturated carbocycles. The van der Waals surface area contributed by atoms with E-state index in [0.29, 0.717) is 0 Å². The summed E-state index contributed by atoms with van der Waals surface area (Å²) >= 11 is 0. The van der Waals surface area contributed by atoms with Crippen molar-refractivity contribution in [3.63, 3.8) is 0 Å². The number of alkyl halides is 3. The Morgan fingerprint density at radius 1 is 1.00 bits per heavy atom. The fourth-order valence-corrected chi connectivity index (χ4v) is 3.19. The summed E-state index contributed by atoms with van der Waals surface area (Å²) < 4.78 is 53.2. The molecule has 0 saturated heterocycles. The van der Waals surface area contributed by atoms with Crippen LogP contribution in [-0.2, 0) is 25.9 Å². The number of rotatable bonds is 10. The second-order valence-corrected chi connectivity index (χ2v) is 7.29. The molecule has 0 N–H and O–H groups in total. The van der Waals surface area contributed by atoms with Crippen molar-refractivity contribution in [2.75, 3.05) is 14.2 Å². The molecule has 0 bridgehead atoms. The van der Waals surface area contributed by atoms with Gasteiger partial charge in [0.2, 0.25) is 0 Å². The van der Waals surface area contributed by atoms with Crippen molar-refractivity contribution >= 4 is 9.53 Å². The molecule has 3 nitrogen and oxygen atoms in total. The highest BCUT2D eigenvalue weighted by molar-refractivity contribution is 6.36. The molecule has 0 aromatic heterocycles. The first-order chi connectivity index (χ1) is 10.9. The number of hydrogen-bond donors (Lipinski definition) is 0. The number of unbranched alkanes of at least 4 members (excludes halogenated alkanes) is 2. The van der Waals surface area contributed by atoms with E-state index in [1.807, 2.05) is 6.92 Å². The van der Waals surface area contributed by atoms with Crippen molar-refractivity contribution in [3.8, 4) is 0 Å². The molecular formula is C16H25F3O3Si. The molecule has 0 spiro atoms. The lowest BCUT2D eigenvalue weighted by atomic mass is 10.0. The summed E-state index contributed by atoms with van der Waals surface area (Å²) in [6.45, 7) is 1.99. The van der Waals surface area contributed by atoms with Gasteiger partial charge in [-0.2, -0.15) is 13.2 Å². The maximum absolute atomic E-state index is 12.5. The van der Waals surface area contributed by atoms with Crippen LogP contribution in [0.15, 0.2) is 24.3 Å². The smallest absolute Gasteiger partial charge is 0.379 e. The minimum absolute atomic E-state index is 0.0950. The van der Waals surface area contributed by atoms with Crippen LogP contribution in [0.2, 0.25) is 0 Å². The van der Waals surface area contributed by atoms with Crippen molar-refractivity contribution in [1.29, 1.82) is 0 Å². The molecule has 0 aliphatic carbocycles. The highest BCUT2D eigenvalue weighted by Gasteiger charge is 2.29. The molecule has 7 heteroatoms. The highest BCUT2D eigenvalue weighted by atomic mass is 28.3. The lowest BCUT2D eigenvalue weighted by Crippen LogP contribution is -2.28. The summed E-state index contributed by atoms with van der Waals surface area (Å²) in [5, 5.41) is 0. The van der Waals surface area contributed by atoms with E-state index in [4.69, 9.17) is 13.3 Å². The highest BCUT2D eigenvalue weighted by Crippen LogP contribution is 2.29. The first-order valence-corrected chi connectivity index (χ1v) is 9.15. The predicted molar refractivity (Wildman–Crippen MR) is 85.3 cm³/mol. The minimum atomic E-state index is -4.26. The third-order valence-corrected chi connectivity index (χ3v) is 5.04. The zero-order valence-electron chi connectivity index (χ0n) is 13.9. The third-order valence-electron chi connectivity index (χ3n) is 3.59. The zero-order chi connectivity index (χ0) is 17.3. The summed E-state index contributed by atoms with van der Waals surface area (Å²) in [6.07, 6.45) is 0.521. The quantitative estimate of drug-likeness (QED) is 0.467. The monoisotopic (exact) mass is 350 g/mol. The Morgan fingerprint density at radius 3 is 2.13 bits per heavy atom. The number of halogens is 3. The molecule has 23 heavy (non-hydrogen) atoms. The minimum Gasteiger partial charge on any atom is -0.379 e. The van der Waals surface area contributed by atoms with Crippen LogP contribution in [-0.4, -0.2) is 29.9 Å². The standard InChI is InChI=1S/C16H25F3O3Si/c1-13(22-23(20-2)21-3)7-5-4-6-8-14-9-11-15(12-10-14)16(17,18)19/h9-13,23H,4-8H2,1-3H3. The van der Waals surface area contributed by atoms with Crippen LogP contribution >= 0.6 is 0 Å². The largest absolute Gasteiger partial charge is 0.483 e. The van der Waals surface area contributed by atoms with Crippen LogP contribution in [0.25, 0.3) is 0 Å². The van der Waals surface area contributed by atoms with Crippen LogP contribution < -0.4 is 0 Å². The van der Waals surface area contributed by atoms with Gasteiger partial charge in [0.1, 0.15) is 0 Å². The van der Waals surface area contributed by atoms with E-state index < -0.39 is 21.3 Å². The maximum atomic E-state index is 12.5. The van der Waals surface area contributed by atoms with E-state index in [0.717, 1.165) is 49.8 Å². The Bertz CT molecular complexity index is 433. The summed E-state index contributed by atoms with van der Waals surface area (Å²) in [5.74, 6) is 0. The average molecular weight is 350 g/mol. The van der Waals surface area contributed by atoms with Crippen molar-refractivity contribution in [2.24, 2.45) is 0 Å². The summed E-state index contributed by atoms with van der Waals surface area (Å²) in [6, 6.07) is 5.40. The van der Waals surface area contributed by atoms with E-state index in [1.54, 1.807) is 26.4 Å². The van der Waals surface area contributed by atoms with Gasteiger partial charge in [0.25, 0.3) is 0 Å². The van der Waals surface area contributed by atoms with E-state index in [9.17, 15) is 13.2 Å². The Balaban J connectivity index is 2.20. The molecular weight excluding hydrogens is 325 g/mol. The van der Waals surface area contributed by atoms with Crippen molar-refractivity contribution in [2.45, 2.75) is 51.3 Å². The summed E-state index contributed by atoms with van der Waals surface area (Å²) in [4.78, 5) is 0. The molecule has 1 aromatic carbocycles. The first kappa shape index (κ1) is 20.2. The molecule has 0 aliphatic heterocycles. The van der Waals surface area contributed by atoms with Crippen LogP contribution in [0.4, 0.5) is 13.2 Å². The van der Waals surface area contributed by atoms with Gasteiger partial charge in [-0.1, -0.05) is 25.0 Å². The average Bonchev–Trinajstić information content (AvgIpc) is 2.52. The molecule has 1 unspecified atom stereocenters. The fourth-order valence-electron chi connectivity index (χ4n) is 2.26. The number of aryl methyl sites for hydroxylation is 1. The van der Waals surface area contributed by atoms with Crippen LogP contribution in [0.5, 0.6) is 0 Å². The Morgan fingerprint density at radius 2 is 1.61 bits per heavy atom. The molecule has 1 aromatic rings. The van der Waals surface area contributed by atoms with Crippen molar-refractivity contribution in [1.82, 2.24) is 0 Å². The normalized spacial score (nSPS) is 13.5. The zero-order valence-corrected chi connectivity index (χ0v) is 15.0. The summed E-state index contributed by atoms with van der Waals surface area (Å²) in [7, 11) is 1.19.